The van der Waals surface area contributed by atoms with Crippen molar-refractivity contribution in [2.45, 2.75) is 19.4 Å². The van der Waals surface area contributed by atoms with Crippen LogP contribution in [0.1, 0.15) is 18.4 Å². The third-order valence-corrected chi connectivity index (χ3v) is 5.64. The molecule has 0 aliphatic heterocycles. The monoisotopic (exact) mass is 444 g/mol. The van der Waals surface area contributed by atoms with Crippen LogP contribution < -0.4 is 19.9 Å². The fourth-order valence-electron chi connectivity index (χ4n) is 3.65. The van der Waals surface area contributed by atoms with Crippen LogP contribution in [-0.4, -0.2) is 39.3 Å². The first kappa shape index (κ1) is 20.7. The van der Waals surface area contributed by atoms with Crippen LogP contribution >= 0.6 is 0 Å². The lowest BCUT2D eigenvalue weighted by atomic mass is 10.1. The third kappa shape index (κ3) is 4.57. The number of aromatic nitrogens is 5. The van der Waals surface area contributed by atoms with Gasteiger partial charge in [-0.05, 0) is 66.4 Å². The van der Waals surface area contributed by atoms with Crippen LogP contribution in [0.15, 0.2) is 65.6 Å². The predicted octanol–water partition coefficient (Wildman–Crippen LogP) is 3.69. The maximum absolute atomic E-state index is 12.5. The number of tetrazole rings is 1. The second-order valence-electron chi connectivity index (χ2n) is 7.96. The zero-order valence-corrected chi connectivity index (χ0v) is 18.2. The summed E-state index contributed by atoms with van der Waals surface area (Å²) in [5.74, 6) is 2.43. The number of methoxy groups -OCH3 is 1. The average molecular weight is 444 g/mol. The SMILES string of the molecule is COc1cccc(N(Cc2ccc[nH]c2=O)c2ccc(-c3nn[nH]n3)cc2)c1OCC1CC1. The minimum atomic E-state index is -0.130. The first-order valence-electron chi connectivity index (χ1n) is 10.8. The summed E-state index contributed by atoms with van der Waals surface area (Å²) in [7, 11) is 1.63. The normalized spacial score (nSPS) is 13.0. The molecule has 2 N–H and O–H groups in total. The quantitative estimate of drug-likeness (QED) is 0.405. The third-order valence-electron chi connectivity index (χ3n) is 5.64. The molecule has 0 atom stereocenters. The Kier molecular flexibility index (Phi) is 5.75. The summed E-state index contributed by atoms with van der Waals surface area (Å²) in [5.41, 5.74) is 3.05. The van der Waals surface area contributed by atoms with Gasteiger partial charge in [-0.3, -0.25) is 4.79 Å². The molecule has 4 aromatic rings. The molecule has 0 radical (unpaired) electrons. The van der Waals surface area contributed by atoms with Crippen LogP contribution in [0.25, 0.3) is 11.4 Å². The van der Waals surface area contributed by atoms with Crippen molar-refractivity contribution in [2.75, 3.05) is 18.6 Å². The Morgan fingerprint density at radius 3 is 2.64 bits per heavy atom. The van der Waals surface area contributed by atoms with Crippen molar-refractivity contribution in [1.29, 1.82) is 0 Å². The van der Waals surface area contributed by atoms with Crippen molar-refractivity contribution in [2.24, 2.45) is 5.92 Å². The highest BCUT2D eigenvalue weighted by molar-refractivity contribution is 5.74. The van der Waals surface area contributed by atoms with Gasteiger partial charge < -0.3 is 19.4 Å². The minimum absolute atomic E-state index is 0.130. The Balaban J connectivity index is 1.57. The molecule has 0 unspecified atom stereocenters. The lowest BCUT2D eigenvalue weighted by Gasteiger charge is -2.28. The highest BCUT2D eigenvalue weighted by atomic mass is 16.5. The number of ether oxygens (including phenoxy) is 2. The Hall–Kier alpha value is -4.14. The number of hydrogen-bond acceptors (Lipinski definition) is 7. The van der Waals surface area contributed by atoms with Gasteiger partial charge in [0.05, 0.1) is 25.9 Å². The Morgan fingerprint density at radius 2 is 1.94 bits per heavy atom. The zero-order valence-electron chi connectivity index (χ0n) is 18.2. The van der Waals surface area contributed by atoms with Gasteiger partial charge in [-0.2, -0.15) is 5.21 Å². The van der Waals surface area contributed by atoms with E-state index >= 15 is 0 Å². The standard InChI is InChI=1S/C24H24N6O3/c1-32-21-6-2-5-20(22(21)33-15-16-7-8-16)30(14-18-4-3-13-25-24(18)31)19-11-9-17(10-12-19)23-26-28-29-27-23/h2-6,9-13,16H,7-8,14-15H2,1H3,(H,25,31)(H,26,27,28,29). The Labute approximate surface area is 190 Å². The van der Waals surface area contributed by atoms with E-state index in [1.807, 2.05) is 54.6 Å². The number of H-pyrrole nitrogens is 2. The Morgan fingerprint density at radius 1 is 1.09 bits per heavy atom. The number of nitrogens with zero attached hydrogens (tertiary/aromatic N) is 4. The summed E-state index contributed by atoms with van der Waals surface area (Å²) < 4.78 is 11.9. The van der Waals surface area contributed by atoms with E-state index in [9.17, 15) is 4.79 Å². The summed E-state index contributed by atoms with van der Waals surface area (Å²) in [5, 5.41) is 14.2. The molecule has 2 heterocycles. The number of benzene rings is 2. The smallest absolute Gasteiger partial charge is 0.252 e. The Bertz CT molecular complexity index is 1270. The number of aromatic amines is 2. The highest BCUT2D eigenvalue weighted by Crippen LogP contribution is 2.43. The van der Waals surface area contributed by atoms with Crippen molar-refractivity contribution in [1.82, 2.24) is 25.6 Å². The molecule has 2 aromatic heterocycles. The van der Waals surface area contributed by atoms with E-state index < -0.39 is 0 Å². The molecule has 2 aromatic carbocycles. The van der Waals surface area contributed by atoms with E-state index in [0.717, 1.165) is 16.9 Å². The van der Waals surface area contributed by atoms with Crippen LogP contribution in [0, 0.1) is 5.92 Å². The largest absolute Gasteiger partial charge is 0.493 e. The number of anilines is 2. The molecular formula is C24H24N6O3. The van der Waals surface area contributed by atoms with E-state index in [1.54, 1.807) is 13.3 Å². The van der Waals surface area contributed by atoms with Crippen molar-refractivity contribution >= 4 is 11.4 Å². The predicted molar refractivity (Wildman–Crippen MR) is 124 cm³/mol. The molecule has 5 rings (SSSR count). The summed E-state index contributed by atoms with van der Waals surface area (Å²) in [6.45, 7) is 0.995. The summed E-state index contributed by atoms with van der Waals surface area (Å²) in [6, 6.07) is 17.2. The molecule has 1 aliphatic carbocycles. The summed E-state index contributed by atoms with van der Waals surface area (Å²) in [6.07, 6.45) is 4.00. The second kappa shape index (κ2) is 9.15. The van der Waals surface area contributed by atoms with Crippen LogP contribution in [-0.2, 0) is 6.54 Å². The maximum Gasteiger partial charge on any atom is 0.252 e. The fraction of sp³-hybridized carbons (Fsp3) is 0.250. The molecule has 9 nitrogen and oxygen atoms in total. The van der Waals surface area contributed by atoms with Gasteiger partial charge in [0.1, 0.15) is 0 Å². The maximum atomic E-state index is 12.5. The van der Waals surface area contributed by atoms with Crippen molar-refractivity contribution < 1.29 is 9.47 Å². The zero-order chi connectivity index (χ0) is 22.6. The molecule has 0 saturated heterocycles. The number of hydrogen-bond donors (Lipinski definition) is 2. The van der Waals surface area contributed by atoms with E-state index in [1.165, 1.54) is 12.8 Å². The first-order chi connectivity index (χ1) is 16.2. The van der Waals surface area contributed by atoms with Gasteiger partial charge >= 0.3 is 0 Å². The first-order valence-corrected chi connectivity index (χ1v) is 10.8. The summed E-state index contributed by atoms with van der Waals surface area (Å²) in [4.78, 5) is 17.3. The van der Waals surface area contributed by atoms with Gasteiger partial charge in [-0.15, -0.1) is 10.2 Å². The lowest BCUT2D eigenvalue weighted by molar-refractivity contribution is 0.281. The van der Waals surface area contributed by atoms with E-state index in [2.05, 4.69) is 30.5 Å². The molecule has 168 valence electrons. The molecule has 1 fully saturated rings. The average Bonchev–Trinajstić information content (AvgIpc) is 3.52. The summed E-state index contributed by atoms with van der Waals surface area (Å²) >= 11 is 0. The fourth-order valence-corrected chi connectivity index (χ4v) is 3.65. The van der Waals surface area contributed by atoms with E-state index in [4.69, 9.17) is 9.47 Å². The molecule has 0 spiro atoms. The molecule has 1 aliphatic rings. The van der Waals surface area contributed by atoms with Gasteiger partial charge in [0.15, 0.2) is 11.5 Å². The van der Waals surface area contributed by atoms with Crippen LogP contribution in [0.4, 0.5) is 11.4 Å². The van der Waals surface area contributed by atoms with Crippen LogP contribution in [0.2, 0.25) is 0 Å². The van der Waals surface area contributed by atoms with Crippen LogP contribution in [0.5, 0.6) is 11.5 Å². The number of nitrogens with one attached hydrogen (secondary N) is 2. The van der Waals surface area contributed by atoms with Gasteiger partial charge in [0.2, 0.25) is 5.82 Å². The van der Waals surface area contributed by atoms with E-state index in [0.29, 0.717) is 42.0 Å². The van der Waals surface area contributed by atoms with Gasteiger partial charge in [0.25, 0.3) is 5.56 Å². The van der Waals surface area contributed by atoms with Gasteiger partial charge in [-0.1, -0.05) is 12.1 Å². The van der Waals surface area contributed by atoms with Gasteiger partial charge in [0, 0.05) is 23.0 Å². The molecule has 33 heavy (non-hydrogen) atoms. The second-order valence-corrected chi connectivity index (χ2v) is 7.96. The van der Waals surface area contributed by atoms with Crippen molar-refractivity contribution in [3.05, 3.63) is 76.7 Å². The molecule has 9 heteroatoms. The molecule has 0 bridgehead atoms. The van der Waals surface area contributed by atoms with Crippen molar-refractivity contribution in [3.8, 4) is 22.9 Å². The van der Waals surface area contributed by atoms with Crippen molar-refractivity contribution in [3.63, 3.8) is 0 Å². The molecule has 1 saturated carbocycles. The van der Waals surface area contributed by atoms with Crippen LogP contribution in [0.3, 0.4) is 0 Å². The topological polar surface area (TPSA) is 109 Å². The number of para-hydroxylation sites is 1. The number of pyridine rings is 1. The number of rotatable bonds is 9. The van der Waals surface area contributed by atoms with Gasteiger partial charge in [-0.25, -0.2) is 0 Å². The molecular weight excluding hydrogens is 420 g/mol. The minimum Gasteiger partial charge on any atom is -0.493 e. The highest BCUT2D eigenvalue weighted by Gasteiger charge is 2.25. The van der Waals surface area contributed by atoms with E-state index in [-0.39, 0.29) is 5.56 Å². The lowest BCUT2D eigenvalue weighted by Crippen LogP contribution is -2.23. The molecule has 0 amide bonds.